The highest BCUT2D eigenvalue weighted by atomic mass is 19.3. The van der Waals surface area contributed by atoms with Crippen molar-refractivity contribution in [3.8, 4) is 5.75 Å². The van der Waals surface area contributed by atoms with Gasteiger partial charge in [0, 0.05) is 37.8 Å². The molecule has 1 aromatic carbocycles. The molecule has 0 spiro atoms. The number of piperidine rings is 1. The molecule has 1 saturated heterocycles. The minimum Gasteiger partial charge on any atom is -0.491 e. The summed E-state index contributed by atoms with van der Waals surface area (Å²) in [5, 5.41) is 16.4. The third-order valence-corrected chi connectivity index (χ3v) is 6.10. The van der Waals surface area contributed by atoms with Gasteiger partial charge in [0.2, 0.25) is 5.91 Å². The highest BCUT2D eigenvalue weighted by molar-refractivity contribution is 6.13. The van der Waals surface area contributed by atoms with Crippen LogP contribution in [0.1, 0.15) is 12.1 Å². The minimum absolute atomic E-state index is 0.0621. The fraction of sp³-hybridized carbons (Fsp3) is 0.375. The van der Waals surface area contributed by atoms with Gasteiger partial charge in [0.25, 0.3) is 12.3 Å². The van der Waals surface area contributed by atoms with E-state index in [9.17, 15) is 28.3 Å². The fourth-order valence-electron chi connectivity index (χ4n) is 4.48. The monoisotopic (exact) mass is 501 g/mol. The Bertz CT molecular complexity index is 1130. The van der Waals surface area contributed by atoms with Gasteiger partial charge in [0.05, 0.1) is 5.71 Å². The van der Waals surface area contributed by atoms with Crippen molar-refractivity contribution in [2.24, 2.45) is 10.5 Å². The quantitative estimate of drug-likeness (QED) is 0.542. The van der Waals surface area contributed by atoms with Crippen molar-refractivity contribution in [2.45, 2.75) is 25.3 Å². The largest absolute Gasteiger partial charge is 0.491 e. The number of nitrogens with zero attached hydrogens (tertiary/aromatic N) is 4. The van der Waals surface area contributed by atoms with Crippen LogP contribution in [0.2, 0.25) is 0 Å². The van der Waals surface area contributed by atoms with Crippen LogP contribution in [0.3, 0.4) is 0 Å². The van der Waals surface area contributed by atoms with Crippen molar-refractivity contribution in [3.05, 3.63) is 60.4 Å². The lowest BCUT2D eigenvalue weighted by Gasteiger charge is -2.40. The van der Waals surface area contributed by atoms with Gasteiger partial charge in [0.15, 0.2) is 0 Å². The van der Waals surface area contributed by atoms with Crippen LogP contribution in [-0.2, 0) is 16.0 Å². The molecule has 2 atom stereocenters. The van der Waals surface area contributed by atoms with Gasteiger partial charge in [-0.2, -0.15) is 5.10 Å². The summed E-state index contributed by atoms with van der Waals surface area (Å²) >= 11 is 0. The minimum atomic E-state index is -2.78. The number of amides is 3. The topological polar surface area (TPSA) is 124 Å². The molecule has 2 N–H and O–H groups in total. The molecule has 2 unspecified atom stereocenters. The summed E-state index contributed by atoms with van der Waals surface area (Å²) in [6, 6.07) is 12.5. The Hall–Kier alpha value is -4.09. The standard InChI is InChI=1S/C24H25F2N5O5/c25-20(26)13-31-22(33)24(12-16-6-4-5-10-27-16)15-30(11-9-19(24)29-31)21(32)18(28-23(34)35)14-36-17-7-2-1-3-8-17/h1-8,10,18,20,28H,9,11-15H2,(H,34,35). The number of pyridine rings is 1. The smallest absolute Gasteiger partial charge is 0.405 e. The molecule has 190 valence electrons. The molecule has 0 aliphatic carbocycles. The molecular weight excluding hydrogens is 476 g/mol. The van der Waals surface area contributed by atoms with Crippen molar-refractivity contribution >= 4 is 23.6 Å². The van der Waals surface area contributed by atoms with Gasteiger partial charge in [0.1, 0.15) is 30.4 Å². The number of carbonyl (C=O) groups is 3. The zero-order chi connectivity index (χ0) is 25.7. The number of carbonyl (C=O) groups excluding carboxylic acids is 2. The average Bonchev–Trinajstić information content (AvgIpc) is 3.12. The van der Waals surface area contributed by atoms with E-state index in [2.05, 4.69) is 15.4 Å². The number of carboxylic acid groups (broad SMARTS) is 1. The van der Waals surface area contributed by atoms with E-state index in [1.165, 1.54) is 4.90 Å². The molecule has 2 aromatic rings. The van der Waals surface area contributed by atoms with Crippen molar-refractivity contribution < 1.29 is 33.0 Å². The number of fused-ring (bicyclic) bond motifs is 1. The maximum Gasteiger partial charge on any atom is 0.405 e. The second kappa shape index (κ2) is 10.7. The molecule has 0 bridgehead atoms. The van der Waals surface area contributed by atoms with Crippen molar-refractivity contribution in [2.75, 3.05) is 26.2 Å². The zero-order valence-corrected chi connectivity index (χ0v) is 19.2. The third-order valence-electron chi connectivity index (χ3n) is 6.10. The zero-order valence-electron chi connectivity index (χ0n) is 19.2. The molecule has 0 saturated carbocycles. The van der Waals surface area contributed by atoms with Crippen molar-refractivity contribution in [1.82, 2.24) is 20.2 Å². The lowest BCUT2D eigenvalue weighted by Crippen LogP contribution is -2.60. The Kier molecular flexibility index (Phi) is 7.41. The molecule has 12 heteroatoms. The summed E-state index contributed by atoms with van der Waals surface area (Å²) in [5.74, 6) is -0.770. The van der Waals surface area contributed by atoms with Gasteiger partial charge >= 0.3 is 6.09 Å². The highest BCUT2D eigenvalue weighted by Gasteiger charge is 2.55. The van der Waals surface area contributed by atoms with Crippen molar-refractivity contribution in [3.63, 3.8) is 0 Å². The van der Waals surface area contributed by atoms with E-state index in [0.29, 0.717) is 17.2 Å². The van der Waals surface area contributed by atoms with Gasteiger partial charge in [-0.1, -0.05) is 24.3 Å². The first-order valence-electron chi connectivity index (χ1n) is 11.3. The Balaban J connectivity index is 1.58. The number of alkyl halides is 2. The van der Waals surface area contributed by atoms with E-state index >= 15 is 0 Å². The fourth-order valence-corrected chi connectivity index (χ4v) is 4.48. The van der Waals surface area contributed by atoms with Crippen LogP contribution in [0, 0.1) is 5.41 Å². The number of hydrazone groups is 1. The first-order valence-corrected chi connectivity index (χ1v) is 11.3. The summed E-state index contributed by atoms with van der Waals surface area (Å²) in [6.07, 6.45) is -2.40. The summed E-state index contributed by atoms with van der Waals surface area (Å²) < 4.78 is 31.9. The van der Waals surface area contributed by atoms with E-state index in [4.69, 9.17) is 4.74 Å². The van der Waals surface area contributed by atoms with E-state index in [-0.39, 0.29) is 32.5 Å². The molecule has 4 rings (SSSR count). The SMILES string of the molecule is O=C(O)NC(COc1ccccc1)C(=O)N1CCC2=NN(CC(F)F)C(=O)C2(Cc2ccccn2)C1. The van der Waals surface area contributed by atoms with Crippen LogP contribution >= 0.6 is 0 Å². The average molecular weight is 501 g/mol. The van der Waals surface area contributed by atoms with Gasteiger partial charge in [-0.05, 0) is 24.3 Å². The van der Waals surface area contributed by atoms with Gasteiger partial charge < -0.3 is 20.1 Å². The lowest BCUT2D eigenvalue weighted by molar-refractivity contribution is -0.142. The third kappa shape index (κ3) is 5.42. The first kappa shape index (κ1) is 25.0. The lowest BCUT2D eigenvalue weighted by atomic mass is 9.74. The Morgan fingerprint density at radius 2 is 1.92 bits per heavy atom. The highest BCUT2D eigenvalue weighted by Crippen LogP contribution is 2.38. The number of hydrogen-bond donors (Lipinski definition) is 2. The molecule has 3 heterocycles. The maximum atomic E-state index is 13.4. The molecule has 1 fully saturated rings. The van der Waals surface area contributed by atoms with Crippen LogP contribution in [0.4, 0.5) is 13.6 Å². The maximum absolute atomic E-state index is 13.4. The Labute approximate surface area is 205 Å². The molecular formula is C24H25F2N5O5. The Morgan fingerprint density at radius 3 is 2.58 bits per heavy atom. The van der Waals surface area contributed by atoms with E-state index < -0.39 is 42.3 Å². The van der Waals surface area contributed by atoms with Gasteiger partial charge in [-0.25, -0.2) is 18.6 Å². The molecule has 36 heavy (non-hydrogen) atoms. The number of benzene rings is 1. The predicted octanol–water partition coefficient (Wildman–Crippen LogP) is 2.02. The summed E-state index contributed by atoms with van der Waals surface area (Å²) in [6.45, 7) is -1.14. The number of nitrogens with one attached hydrogen (secondary N) is 1. The number of ether oxygens (including phenoxy) is 1. The van der Waals surface area contributed by atoms with Crippen LogP contribution in [-0.4, -0.2) is 82.3 Å². The van der Waals surface area contributed by atoms with Crippen molar-refractivity contribution in [1.29, 1.82) is 0 Å². The Morgan fingerprint density at radius 1 is 1.17 bits per heavy atom. The molecule has 1 aromatic heterocycles. The van der Waals surface area contributed by atoms with Gasteiger partial charge in [-0.15, -0.1) is 0 Å². The normalized spacial score (nSPS) is 20.1. The number of para-hydroxylation sites is 1. The summed E-state index contributed by atoms with van der Waals surface area (Å²) in [5.41, 5.74) is -0.420. The second-order valence-electron chi connectivity index (χ2n) is 8.54. The van der Waals surface area contributed by atoms with Crippen LogP contribution in [0.15, 0.2) is 59.8 Å². The molecule has 2 aliphatic rings. The summed E-state index contributed by atoms with van der Waals surface area (Å²) in [4.78, 5) is 43.9. The number of aromatic nitrogens is 1. The molecule has 3 amide bonds. The summed E-state index contributed by atoms with van der Waals surface area (Å²) in [7, 11) is 0. The molecule has 2 aliphatic heterocycles. The number of halogens is 2. The van der Waals surface area contributed by atoms with Crippen LogP contribution in [0.25, 0.3) is 0 Å². The second-order valence-corrected chi connectivity index (χ2v) is 8.54. The van der Waals surface area contributed by atoms with Crippen LogP contribution in [0.5, 0.6) is 5.75 Å². The van der Waals surface area contributed by atoms with E-state index in [1.807, 2.05) is 0 Å². The molecule has 0 radical (unpaired) electrons. The van der Waals surface area contributed by atoms with Gasteiger partial charge in [-0.3, -0.25) is 14.6 Å². The van der Waals surface area contributed by atoms with E-state index in [1.54, 1.807) is 54.7 Å². The number of hydrogen-bond acceptors (Lipinski definition) is 6. The molecule has 10 nitrogen and oxygen atoms in total. The number of rotatable bonds is 9. The first-order chi connectivity index (χ1) is 17.3. The van der Waals surface area contributed by atoms with Crippen LogP contribution < -0.4 is 10.1 Å². The predicted molar refractivity (Wildman–Crippen MR) is 124 cm³/mol. The number of likely N-dealkylation sites (tertiary alicyclic amines) is 1. The van der Waals surface area contributed by atoms with E-state index in [0.717, 1.165) is 5.01 Å².